The maximum atomic E-state index is 12.7. The van der Waals surface area contributed by atoms with Crippen molar-refractivity contribution in [1.82, 2.24) is 14.9 Å². The molecule has 1 aliphatic heterocycles. The summed E-state index contributed by atoms with van der Waals surface area (Å²) in [5.74, 6) is -0.907. The van der Waals surface area contributed by atoms with Gasteiger partial charge in [-0.05, 0) is 24.1 Å². The fraction of sp³-hybridized carbons (Fsp3) is 0.529. The lowest BCUT2D eigenvalue weighted by molar-refractivity contribution is -0.123. The number of nitrogens with one attached hydrogen (secondary N) is 2. The van der Waals surface area contributed by atoms with E-state index in [0.29, 0.717) is 13.2 Å². The van der Waals surface area contributed by atoms with Gasteiger partial charge in [-0.3, -0.25) is 9.59 Å². The van der Waals surface area contributed by atoms with E-state index in [0.717, 1.165) is 0 Å². The first-order valence-electron chi connectivity index (χ1n) is 8.47. The van der Waals surface area contributed by atoms with Gasteiger partial charge in [-0.15, -0.1) is 0 Å². The number of sulfonamides is 1. The molecule has 2 N–H and O–H groups in total. The Kier molecular flexibility index (Phi) is 6.74. The van der Waals surface area contributed by atoms with Crippen LogP contribution in [-0.4, -0.2) is 63.9 Å². The van der Waals surface area contributed by atoms with Crippen LogP contribution in [0.15, 0.2) is 29.2 Å². The van der Waals surface area contributed by atoms with Crippen molar-refractivity contribution >= 4 is 21.8 Å². The highest BCUT2D eigenvalue weighted by molar-refractivity contribution is 7.89. The molecule has 1 heterocycles. The summed E-state index contributed by atoms with van der Waals surface area (Å²) in [7, 11) is -2.19. The molecule has 2 amide bonds. The number of hydrogen-bond donors (Lipinski definition) is 2. The van der Waals surface area contributed by atoms with E-state index in [9.17, 15) is 18.0 Å². The maximum absolute atomic E-state index is 12.7. The Hall–Kier alpha value is -1.97. The molecule has 2 rings (SSSR count). The van der Waals surface area contributed by atoms with Crippen molar-refractivity contribution in [3.8, 4) is 0 Å². The molecule has 0 spiro atoms. The van der Waals surface area contributed by atoms with E-state index in [-0.39, 0.29) is 35.4 Å². The SMILES string of the molecule is CNC(=O)[C@@H](NC(=O)c1cccc(S(=O)(=O)N2CCOCC2)c1)C(C)C. The fourth-order valence-electron chi connectivity index (χ4n) is 2.65. The van der Waals surface area contributed by atoms with E-state index in [1.165, 1.54) is 35.6 Å². The largest absolute Gasteiger partial charge is 0.379 e. The van der Waals surface area contributed by atoms with Crippen LogP contribution in [0.5, 0.6) is 0 Å². The van der Waals surface area contributed by atoms with Gasteiger partial charge in [0.25, 0.3) is 5.91 Å². The van der Waals surface area contributed by atoms with Gasteiger partial charge < -0.3 is 15.4 Å². The van der Waals surface area contributed by atoms with Gasteiger partial charge in [0.15, 0.2) is 0 Å². The Morgan fingerprint density at radius 2 is 1.85 bits per heavy atom. The highest BCUT2D eigenvalue weighted by Gasteiger charge is 2.28. The average Bonchev–Trinajstić information content (AvgIpc) is 2.65. The number of nitrogens with zero attached hydrogens (tertiary/aromatic N) is 1. The maximum Gasteiger partial charge on any atom is 0.251 e. The molecule has 1 aromatic carbocycles. The number of likely N-dealkylation sites (N-methyl/N-ethyl adjacent to an activating group) is 1. The summed E-state index contributed by atoms with van der Waals surface area (Å²) in [5.41, 5.74) is 0.189. The van der Waals surface area contributed by atoms with Crippen LogP contribution < -0.4 is 10.6 Å². The molecule has 0 saturated carbocycles. The molecule has 0 bridgehead atoms. The molecule has 1 fully saturated rings. The molecule has 9 heteroatoms. The number of benzene rings is 1. The molecule has 8 nitrogen and oxygen atoms in total. The molecule has 0 aromatic heterocycles. The molecular formula is C17H25N3O5S. The lowest BCUT2D eigenvalue weighted by Crippen LogP contribution is -2.48. The number of carbonyl (C=O) groups is 2. The summed E-state index contributed by atoms with van der Waals surface area (Å²) in [6.07, 6.45) is 0. The predicted octanol–water partition coefficient (Wildman–Crippen LogP) is 0.208. The molecule has 1 aliphatic rings. The van der Waals surface area contributed by atoms with Crippen LogP contribution in [0.3, 0.4) is 0 Å². The Balaban J connectivity index is 2.22. The van der Waals surface area contributed by atoms with Gasteiger partial charge in [0.05, 0.1) is 18.1 Å². The van der Waals surface area contributed by atoms with Crippen molar-refractivity contribution in [2.24, 2.45) is 5.92 Å². The van der Waals surface area contributed by atoms with Crippen LogP contribution >= 0.6 is 0 Å². The number of morpholine rings is 1. The molecule has 144 valence electrons. The first-order chi connectivity index (χ1) is 12.3. The van der Waals surface area contributed by atoms with Gasteiger partial charge in [0, 0.05) is 25.7 Å². The molecule has 1 atom stereocenters. The highest BCUT2D eigenvalue weighted by atomic mass is 32.2. The second kappa shape index (κ2) is 8.61. The minimum Gasteiger partial charge on any atom is -0.379 e. The Morgan fingerprint density at radius 1 is 1.19 bits per heavy atom. The van der Waals surface area contributed by atoms with E-state index < -0.39 is 22.0 Å². The van der Waals surface area contributed by atoms with E-state index in [4.69, 9.17) is 4.74 Å². The van der Waals surface area contributed by atoms with Crippen LogP contribution in [0.2, 0.25) is 0 Å². The zero-order chi connectivity index (χ0) is 19.3. The Morgan fingerprint density at radius 3 is 2.42 bits per heavy atom. The summed E-state index contributed by atoms with van der Waals surface area (Å²) in [6, 6.07) is 5.13. The summed E-state index contributed by atoms with van der Waals surface area (Å²) in [4.78, 5) is 24.5. The standard InChI is InChI=1S/C17H25N3O5S/c1-12(2)15(17(22)18-3)19-16(21)13-5-4-6-14(11-13)26(23,24)20-7-9-25-10-8-20/h4-6,11-12,15H,7-10H2,1-3H3,(H,18,22)(H,19,21)/t15-/m0/s1. The normalized spacial score (nSPS) is 16.9. The fourth-order valence-corrected chi connectivity index (χ4v) is 4.10. The predicted molar refractivity (Wildman–Crippen MR) is 96.2 cm³/mol. The first-order valence-corrected chi connectivity index (χ1v) is 9.91. The summed E-state index contributed by atoms with van der Waals surface area (Å²) in [6.45, 7) is 4.90. The van der Waals surface area contributed by atoms with Gasteiger partial charge in [-0.2, -0.15) is 4.31 Å². The lowest BCUT2D eigenvalue weighted by Gasteiger charge is -2.26. The summed E-state index contributed by atoms with van der Waals surface area (Å²) >= 11 is 0. The van der Waals surface area contributed by atoms with Crippen LogP contribution in [0.4, 0.5) is 0 Å². The number of hydrogen-bond acceptors (Lipinski definition) is 5. The zero-order valence-corrected chi connectivity index (χ0v) is 16.0. The van der Waals surface area contributed by atoms with Gasteiger partial charge in [0.2, 0.25) is 15.9 Å². The molecule has 0 aliphatic carbocycles. The highest BCUT2D eigenvalue weighted by Crippen LogP contribution is 2.18. The number of amides is 2. The molecule has 26 heavy (non-hydrogen) atoms. The second-order valence-electron chi connectivity index (χ2n) is 6.35. The molecular weight excluding hydrogens is 358 g/mol. The number of carbonyl (C=O) groups excluding carboxylic acids is 2. The van der Waals surface area contributed by atoms with E-state index in [1.54, 1.807) is 0 Å². The van der Waals surface area contributed by atoms with Crippen LogP contribution in [-0.2, 0) is 19.6 Å². The third-order valence-corrected chi connectivity index (χ3v) is 6.08. The number of rotatable bonds is 6. The van der Waals surface area contributed by atoms with Crippen molar-refractivity contribution in [1.29, 1.82) is 0 Å². The second-order valence-corrected chi connectivity index (χ2v) is 8.29. The van der Waals surface area contributed by atoms with Crippen LogP contribution in [0, 0.1) is 5.92 Å². The Labute approximate surface area is 153 Å². The third kappa shape index (κ3) is 4.60. The van der Waals surface area contributed by atoms with Crippen molar-refractivity contribution in [2.45, 2.75) is 24.8 Å². The minimum atomic E-state index is -3.69. The average molecular weight is 383 g/mol. The van der Waals surface area contributed by atoms with Crippen LogP contribution in [0.1, 0.15) is 24.2 Å². The van der Waals surface area contributed by atoms with Gasteiger partial charge in [-0.25, -0.2) is 8.42 Å². The summed E-state index contributed by atoms with van der Waals surface area (Å²) < 4.78 is 32.0. The van der Waals surface area contributed by atoms with Gasteiger partial charge >= 0.3 is 0 Å². The van der Waals surface area contributed by atoms with Crippen molar-refractivity contribution in [3.63, 3.8) is 0 Å². The van der Waals surface area contributed by atoms with Gasteiger partial charge in [0.1, 0.15) is 6.04 Å². The molecule has 0 unspecified atom stereocenters. The first kappa shape index (κ1) is 20.3. The minimum absolute atomic E-state index is 0.0492. The number of ether oxygens (including phenoxy) is 1. The summed E-state index contributed by atoms with van der Waals surface area (Å²) in [5, 5.41) is 5.18. The molecule has 1 aromatic rings. The van der Waals surface area contributed by atoms with E-state index in [1.807, 2.05) is 13.8 Å². The van der Waals surface area contributed by atoms with E-state index in [2.05, 4.69) is 10.6 Å². The molecule has 1 saturated heterocycles. The van der Waals surface area contributed by atoms with E-state index >= 15 is 0 Å². The zero-order valence-electron chi connectivity index (χ0n) is 15.2. The third-order valence-electron chi connectivity index (χ3n) is 4.19. The van der Waals surface area contributed by atoms with Crippen molar-refractivity contribution < 1.29 is 22.7 Å². The van der Waals surface area contributed by atoms with Gasteiger partial charge in [-0.1, -0.05) is 19.9 Å². The van der Waals surface area contributed by atoms with Crippen molar-refractivity contribution in [3.05, 3.63) is 29.8 Å². The topological polar surface area (TPSA) is 105 Å². The monoisotopic (exact) mass is 383 g/mol. The van der Waals surface area contributed by atoms with Crippen LogP contribution in [0.25, 0.3) is 0 Å². The molecule has 0 radical (unpaired) electrons. The Bertz CT molecular complexity index is 757. The van der Waals surface area contributed by atoms with Crippen molar-refractivity contribution in [2.75, 3.05) is 33.4 Å². The lowest BCUT2D eigenvalue weighted by atomic mass is 10.0. The smallest absolute Gasteiger partial charge is 0.251 e. The quantitative estimate of drug-likeness (QED) is 0.731.